The maximum atomic E-state index is 13.5. The van der Waals surface area contributed by atoms with Gasteiger partial charge in [0.2, 0.25) is 0 Å². The molecule has 0 saturated heterocycles. The molecule has 2 amide bonds. The Morgan fingerprint density at radius 3 is 2.42 bits per heavy atom. The van der Waals surface area contributed by atoms with E-state index in [1.807, 2.05) is 6.92 Å². The summed E-state index contributed by atoms with van der Waals surface area (Å²) < 4.78 is 19.0. The smallest absolute Gasteiger partial charge is 0.282 e. The van der Waals surface area contributed by atoms with Gasteiger partial charge in [-0.15, -0.1) is 0 Å². The highest BCUT2D eigenvalue weighted by Crippen LogP contribution is 2.36. The molecule has 0 fully saturated rings. The number of nitrogens with one attached hydrogen (secondary N) is 1. The molecule has 156 valence electrons. The third-order valence-corrected chi connectivity index (χ3v) is 5.04. The average Bonchev–Trinajstić information content (AvgIpc) is 2.99. The van der Waals surface area contributed by atoms with Crippen LogP contribution in [0.15, 0.2) is 78.5 Å². The van der Waals surface area contributed by atoms with Crippen molar-refractivity contribution in [2.24, 2.45) is 0 Å². The van der Waals surface area contributed by atoms with E-state index >= 15 is 0 Å². The molecule has 0 bridgehead atoms. The SMILES string of the molecule is CCOc1cccc(NC2=C(c3ccc(F)cc3)C(=O)N(c3ccccc3Cl)C2=O)c1. The van der Waals surface area contributed by atoms with Crippen LogP contribution in [0.4, 0.5) is 15.8 Å². The standard InChI is InChI=1S/C24H18ClFN2O3/c1-2-31-18-7-5-6-17(14-18)27-22-21(15-10-12-16(26)13-11-15)23(29)28(24(22)30)20-9-4-3-8-19(20)25/h3-14,27H,2H2,1H3. The van der Waals surface area contributed by atoms with E-state index in [1.54, 1.807) is 48.5 Å². The van der Waals surface area contributed by atoms with Crippen molar-refractivity contribution in [3.05, 3.63) is 94.9 Å². The first-order chi connectivity index (χ1) is 15.0. The van der Waals surface area contributed by atoms with Crippen molar-refractivity contribution in [2.45, 2.75) is 6.92 Å². The third kappa shape index (κ3) is 4.02. The molecule has 1 N–H and O–H groups in total. The Hall–Kier alpha value is -3.64. The molecule has 1 aliphatic heterocycles. The van der Waals surface area contributed by atoms with E-state index < -0.39 is 17.6 Å². The molecule has 0 aliphatic carbocycles. The van der Waals surface area contributed by atoms with Gasteiger partial charge in [0, 0.05) is 11.8 Å². The number of halogens is 2. The molecule has 1 heterocycles. The third-order valence-electron chi connectivity index (χ3n) is 4.72. The molecule has 0 spiro atoms. The number of rotatable bonds is 6. The normalized spacial score (nSPS) is 13.7. The lowest BCUT2D eigenvalue weighted by atomic mass is 10.0. The highest BCUT2D eigenvalue weighted by molar-refractivity contribution is 6.48. The van der Waals surface area contributed by atoms with Gasteiger partial charge in [0.1, 0.15) is 17.3 Å². The van der Waals surface area contributed by atoms with Crippen LogP contribution in [0.5, 0.6) is 5.75 Å². The lowest BCUT2D eigenvalue weighted by molar-refractivity contribution is -0.120. The van der Waals surface area contributed by atoms with E-state index in [0.29, 0.717) is 23.6 Å². The molecule has 0 unspecified atom stereocenters. The first-order valence-electron chi connectivity index (χ1n) is 9.63. The second-order valence-corrected chi connectivity index (χ2v) is 7.15. The zero-order chi connectivity index (χ0) is 22.0. The highest BCUT2D eigenvalue weighted by atomic mass is 35.5. The van der Waals surface area contributed by atoms with Gasteiger partial charge in [0.05, 0.1) is 22.9 Å². The zero-order valence-corrected chi connectivity index (χ0v) is 17.3. The van der Waals surface area contributed by atoms with E-state index in [0.717, 1.165) is 4.90 Å². The quantitative estimate of drug-likeness (QED) is 0.534. The first kappa shape index (κ1) is 20.6. The maximum absolute atomic E-state index is 13.5. The summed E-state index contributed by atoms with van der Waals surface area (Å²) in [7, 11) is 0. The second-order valence-electron chi connectivity index (χ2n) is 6.74. The molecule has 5 nitrogen and oxygen atoms in total. The summed E-state index contributed by atoms with van der Waals surface area (Å²) in [5, 5.41) is 3.32. The molecule has 31 heavy (non-hydrogen) atoms. The fraction of sp³-hybridized carbons (Fsp3) is 0.0833. The minimum Gasteiger partial charge on any atom is -0.494 e. The van der Waals surface area contributed by atoms with E-state index in [1.165, 1.54) is 24.3 Å². The van der Waals surface area contributed by atoms with Crippen molar-refractivity contribution in [3.8, 4) is 5.75 Å². The second kappa shape index (κ2) is 8.62. The number of para-hydroxylation sites is 1. The Bertz CT molecular complexity index is 1190. The van der Waals surface area contributed by atoms with Crippen molar-refractivity contribution in [2.75, 3.05) is 16.8 Å². The number of carbonyl (C=O) groups is 2. The van der Waals surface area contributed by atoms with Gasteiger partial charge in [-0.05, 0) is 48.9 Å². The fourth-order valence-corrected chi connectivity index (χ4v) is 3.58. The number of ether oxygens (including phenoxy) is 1. The Kier molecular flexibility index (Phi) is 5.73. The average molecular weight is 437 g/mol. The predicted molar refractivity (Wildman–Crippen MR) is 118 cm³/mol. The van der Waals surface area contributed by atoms with Crippen LogP contribution in [0, 0.1) is 5.82 Å². The van der Waals surface area contributed by atoms with Crippen LogP contribution in [-0.2, 0) is 9.59 Å². The summed E-state index contributed by atoms with van der Waals surface area (Å²) in [5.74, 6) is -0.924. The van der Waals surface area contributed by atoms with E-state index in [2.05, 4.69) is 5.32 Å². The van der Waals surface area contributed by atoms with Gasteiger partial charge in [-0.25, -0.2) is 9.29 Å². The lowest BCUT2D eigenvalue weighted by Crippen LogP contribution is -2.32. The Morgan fingerprint density at radius 2 is 1.71 bits per heavy atom. The number of imide groups is 1. The Balaban J connectivity index is 1.81. The molecular weight excluding hydrogens is 419 g/mol. The minimum atomic E-state index is -0.556. The number of nitrogens with zero attached hydrogens (tertiary/aromatic N) is 1. The maximum Gasteiger partial charge on any atom is 0.282 e. The van der Waals surface area contributed by atoms with E-state index in [-0.39, 0.29) is 22.0 Å². The van der Waals surface area contributed by atoms with Crippen molar-refractivity contribution in [1.82, 2.24) is 0 Å². The molecule has 3 aromatic rings. The Morgan fingerprint density at radius 1 is 0.968 bits per heavy atom. The molecule has 0 atom stereocenters. The monoisotopic (exact) mass is 436 g/mol. The number of hydrogen-bond acceptors (Lipinski definition) is 4. The van der Waals surface area contributed by atoms with Crippen molar-refractivity contribution >= 4 is 40.4 Å². The molecule has 1 aliphatic rings. The summed E-state index contributed by atoms with van der Waals surface area (Å²) in [5.41, 5.74) is 1.47. The number of amides is 2. The van der Waals surface area contributed by atoms with Crippen LogP contribution in [0.1, 0.15) is 12.5 Å². The fourth-order valence-electron chi connectivity index (χ4n) is 3.36. The first-order valence-corrected chi connectivity index (χ1v) is 10.0. The van der Waals surface area contributed by atoms with Crippen LogP contribution in [0.3, 0.4) is 0 Å². The molecule has 4 rings (SSSR count). The molecule has 0 aromatic heterocycles. The molecule has 7 heteroatoms. The van der Waals surface area contributed by atoms with Crippen LogP contribution in [0.2, 0.25) is 5.02 Å². The predicted octanol–water partition coefficient (Wildman–Crippen LogP) is 5.27. The topological polar surface area (TPSA) is 58.6 Å². The van der Waals surface area contributed by atoms with Gasteiger partial charge in [-0.3, -0.25) is 9.59 Å². The molecule has 3 aromatic carbocycles. The van der Waals surface area contributed by atoms with Crippen LogP contribution in [0.25, 0.3) is 5.57 Å². The van der Waals surface area contributed by atoms with Gasteiger partial charge in [-0.1, -0.05) is 41.9 Å². The number of carbonyl (C=O) groups excluding carboxylic acids is 2. The van der Waals surface area contributed by atoms with Crippen molar-refractivity contribution in [1.29, 1.82) is 0 Å². The lowest BCUT2D eigenvalue weighted by Gasteiger charge is -2.16. The summed E-state index contributed by atoms with van der Waals surface area (Å²) >= 11 is 6.26. The highest BCUT2D eigenvalue weighted by Gasteiger charge is 2.41. The summed E-state index contributed by atoms with van der Waals surface area (Å²) in [6.45, 7) is 2.36. The van der Waals surface area contributed by atoms with Gasteiger partial charge in [-0.2, -0.15) is 0 Å². The van der Waals surface area contributed by atoms with E-state index in [9.17, 15) is 14.0 Å². The van der Waals surface area contributed by atoms with E-state index in [4.69, 9.17) is 16.3 Å². The summed E-state index contributed by atoms with van der Waals surface area (Å²) in [4.78, 5) is 27.7. The van der Waals surface area contributed by atoms with Crippen molar-refractivity contribution < 1.29 is 18.7 Å². The summed E-state index contributed by atoms with van der Waals surface area (Å²) in [6.07, 6.45) is 0. The van der Waals surface area contributed by atoms with Crippen molar-refractivity contribution in [3.63, 3.8) is 0 Å². The number of hydrogen-bond donors (Lipinski definition) is 1. The van der Waals surface area contributed by atoms with Crippen LogP contribution in [-0.4, -0.2) is 18.4 Å². The molecule has 0 radical (unpaired) electrons. The Labute approximate surface area is 183 Å². The van der Waals surface area contributed by atoms with Gasteiger partial charge < -0.3 is 10.1 Å². The zero-order valence-electron chi connectivity index (χ0n) is 16.6. The molecule has 0 saturated carbocycles. The van der Waals surface area contributed by atoms with Crippen LogP contribution >= 0.6 is 11.6 Å². The van der Waals surface area contributed by atoms with Gasteiger partial charge in [0.25, 0.3) is 11.8 Å². The van der Waals surface area contributed by atoms with Crippen LogP contribution < -0.4 is 15.0 Å². The number of benzene rings is 3. The number of anilines is 2. The minimum absolute atomic E-state index is 0.0742. The summed E-state index contributed by atoms with van der Waals surface area (Å²) in [6, 6.07) is 19.1. The molecular formula is C24H18ClFN2O3. The van der Waals surface area contributed by atoms with Gasteiger partial charge in [0.15, 0.2) is 0 Å². The van der Waals surface area contributed by atoms with Gasteiger partial charge >= 0.3 is 0 Å². The largest absolute Gasteiger partial charge is 0.494 e.